The largest absolute Gasteiger partial charge is 0.416 e. The van der Waals surface area contributed by atoms with E-state index in [1.165, 1.54) is 0 Å². The molecule has 17 heavy (non-hydrogen) atoms. The van der Waals surface area contributed by atoms with Crippen LogP contribution in [0, 0.1) is 0 Å². The fourth-order valence-electron chi connectivity index (χ4n) is 0.931. The topological polar surface area (TPSA) is 12.4 Å². The molecular formula is C9H4Cl4F3N. The van der Waals surface area contributed by atoms with Crippen LogP contribution >= 0.6 is 46.4 Å². The van der Waals surface area contributed by atoms with Crippen molar-refractivity contribution in [2.24, 2.45) is 4.99 Å². The quantitative estimate of drug-likeness (QED) is 0.482. The van der Waals surface area contributed by atoms with Gasteiger partial charge in [0.05, 0.1) is 22.5 Å². The van der Waals surface area contributed by atoms with Crippen molar-refractivity contribution in [3.63, 3.8) is 0 Å². The highest BCUT2D eigenvalue weighted by Gasteiger charge is 2.31. The van der Waals surface area contributed by atoms with Gasteiger partial charge in [-0.15, -0.1) is 0 Å². The number of aliphatic imine (C=N–C) groups is 1. The predicted octanol–water partition coefficient (Wildman–Crippen LogP) is 5.43. The molecule has 0 heterocycles. The minimum atomic E-state index is -4.48. The van der Waals surface area contributed by atoms with Crippen LogP contribution in [0.15, 0.2) is 23.2 Å². The van der Waals surface area contributed by atoms with Crippen molar-refractivity contribution >= 4 is 58.3 Å². The summed E-state index contributed by atoms with van der Waals surface area (Å²) in [5.41, 5.74) is -0.994. The summed E-state index contributed by atoms with van der Waals surface area (Å²) in [4.78, 5) is 3.60. The number of hydrogen-bond acceptors (Lipinski definition) is 1. The van der Waals surface area contributed by atoms with Crippen molar-refractivity contribution < 1.29 is 13.2 Å². The molecular weight excluding hydrogens is 321 g/mol. The molecule has 0 saturated heterocycles. The molecule has 1 aromatic carbocycles. The van der Waals surface area contributed by atoms with Gasteiger partial charge in [-0.2, -0.15) is 13.2 Å². The molecule has 0 spiro atoms. The molecule has 0 fully saturated rings. The van der Waals surface area contributed by atoms with Gasteiger partial charge in [-0.3, -0.25) is 4.99 Å². The number of benzene rings is 1. The number of rotatable bonds is 1. The maximum absolute atomic E-state index is 12.4. The molecule has 0 N–H and O–H groups in total. The first-order valence-electron chi connectivity index (χ1n) is 4.08. The van der Waals surface area contributed by atoms with Crippen LogP contribution in [-0.2, 0) is 6.18 Å². The van der Waals surface area contributed by atoms with E-state index in [-0.39, 0.29) is 10.7 Å². The number of hydrogen-bond donors (Lipinski definition) is 0. The molecule has 0 aliphatic carbocycles. The van der Waals surface area contributed by atoms with E-state index in [4.69, 9.17) is 46.4 Å². The van der Waals surface area contributed by atoms with E-state index >= 15 is 0 Å². The van der Waals surface area contributed by atoms with Crippen LogP contribution in [0.25, 0.3) is 0 Å². The highest BCUT2D eigenvalue weighted by Crippen LogP contribution is 2.35. The SMILES string of the molecule is FC(F)(F)c1ccc(Cl)c(N=CC(Cl)(Cl)Cl)c1. The molecule has 0 bridgehead atoms. The number of nitrogens with zero attached hydrogens (tertiary/aromatic N) is 1. The molecule has 1 nitrogen and oxygen atoms in total. The van der Waals surface area contributed by atoms with Gasteiger partial charge in [0.2, 0.25) is 3.79 Å². The van der Waals surface area contributed by atoms with Gasteiger partial charge in [-0.25, -0.2) is 0 Å². The van der Waals surface area contributed by atoms with Crippen LogP contribution in [0.3, 0.4) is 0 Å². The van der Waals surface area contributed by atoms with Crippen LogP contribution in [-0.4, -0.2) is 10.0 Å². The first-order chi connectivity index (χ1) is 7.59. The lowest BCUT2D eigenvalue weighted by atomic mass is 10.2. The second-order valence-electron chi connectivity index (χ2n) is 2.96. The highest BCUT2D eigenvalue weighted by molar-refractivity contribution is 6.74. The second-order valence-corrected chi connectivity index (χ2v) is 5.74. The standard InChI is InChI=1S/C9H4Cl4F3N/c10-6-2-1-5(9(14,15)16)3-7(6)17-4-8(11,12)13/h1-4H. The smallest absolute Gasteiger partial charge is 0.255 e. The maximum Gasteiger partial charge on any atom is 0.416 e. The van der Waals surface area contributed by atoms with Gasteiger partial charge in [0, 0.05) is 0 Å². The molecule has 0 aliphatic rings. The summed E-state index contributed by atoms with van der Waals surface area (Å²) < 4.78 is 35.4. The third-order valence-corrected chi connectivity index (χ3v) is 2.24. The zero-order valence-electron chi connectivity index (χ0n) is 7.90. The van der Waals surface area contributed by atoms with Crippen LogP contribution in [0.1, 0.15) is 5.56 Å². The normalized spacial score (nSPS) is 13.4. The minimum Gasteiger partial charge on any atom is -0.255 e. The van der Waals surface area contributed by atoms with E-state index in [1.807, 2.05) is 0 Å². The van der Waals surface area contributed by atoms with Crippen molar-refractivity contribution in [1.29, 1.82) is 0 Å². The molecule has 8 heteroatoms. The Morgan fingerprint density at radius 3 is 2.18 bits per heavy atom. The molecule has 0 amide bonds. The average molecular weight is 325 g/mol. The van der Waals surface area contributed by atoms with E-state index in [0.29, 0.717) is 0 Å². The molecule has 0 unspecified atom stereocenters. The fourth-order valence-corrected chi connectivity index (χ4v) is 1.24. The summed E-state index contributed by atoms with van der Waals surface area (Å²) in [7, 11) is 0. The van der Waals surface area contributed by atoms with Crippen LogP contribution in [0.2, 0.25) is 5.02 Å². The molecule has 1 aromatic rings. The van der Waals surface area contributed by atoms with Crippen molar-refractivity contribution in [1.82, 2.24) is 0 Å². The minimum absolute atomic E-state index is 0.0310. The van der Waals surface area contributed by atoms with Crippen LogP contribution < -0.4 is 0 Å². The number of alkyl halides is 6. The molecule has 0 saturated carbocycles. The van der Waals surface area contributed by atoms with Crippen molar-refractivity contribution in [2.75, 3.05) is 0 Å². The Hall–Kier alpha value is -0.160. The summed E-state index contributed by atoms with van der Waals surface area (Å²) in [5.74, 6) is 0. The monoisotopic (exact) mass is 323 g/mol. The molecule has 0 aliphatic heterocycles. The summed E-state index contributed by atoms with van der Waals surface area (Å²) in [6, 6.07) is 2.70. The Bertz CT molecular complexity index is 437. The predicted molar refractivity (Wildman–Crippen MR) is 64.9 cm³/mol. The summed E-state index contributed by atoms with van der Waals surface area (Å²) in [6.45, 7) is 0. The Labute approximate surface area is 115 Å². The van der Waals surface area contributed by atoms with Gasteiger partial charge in [-0.1, -0.05) is 46.4 Å². The average Bonchev–Trinajstić information content (AvgIpc) is 2.13. The van der Waals surface area contributed by atoms with Crippen LogP contribution in [0.4, 0.5) is 18.9 Å². The molecule has 94 valence electrons. The van der Waals surface area contributed by atoms with Gasteiger partial charge >= 0.3 is 6.18 Å². The van der Waals surface area contributed by atoms with E-state index in [2.05, 4.69) is 4.99 Å². The first kappa shape index (κ1) is 14.9. The Morgan fingerprint density at radius 1 is 1.12 bits per heavy atom. The fraction of sp³-hybridized carbons (Fsp3) is 0.222. The number of halogens is 7. The zero-order valence-corrected chi connectivity index (χ0v) is 10.9. The molecule has 1 rings (SSSR count). The van der Waals surface area contributed by atoms with Crippen molar-refractivity contribution in [2.45, 2.75) is 9.97 Å². The maximum atomic E-state index is 12.4. The summed E-state index contributed by atoms with van der Waals surface area (Å²) in [5, 5.41) is 0.0310. The highest BCUT2D eigenvalue weighted by atomic mass is 35.6. The summed E-state index contributed by atoms with van der Waals surface area (Å²) >= 11 is 21.8. The van der Waals surface area contributed by atoms with E-state index in [1.54, 1.807) is 0 Å². The van der Waals surface area contributed by atoms with Crippen LogP contribution in [0.5, 0.6) is 0 Å². The van der Waals surface area contributed by atoms with Gasteiger partial charge in [0.15, 0.2) is 0 Å². The van der Waals surface area contributed by atoms with Gasteiger partial charge in [0.1, 0.15) is 0 Å². The molecule has 0 atom stereocenters. The van der Waals surface area contributed by atoms with E-state index < -0.39 is 15.5 Å². The molecule has 0 radical (unpaired) electrons. The van der Waals surface area contributed by atoms with E-state index in [0.717, 1.165) is 24.4 Å². The Kier molecular flexibility index (Phi) is 4.58. The first-order valence-corrected chi connectivity index (χ1v) is 5.59. The molecule has 0 aromatic heterocycles. The van der Waals surface area contributed by atoms with Crippen molar-refractivity contribution in [3.05, 3.63) is 28.8 Å². The van der Waals surface area contributed by atoms with Gasteiger partial charge in [-0.05, 0) is 18.2 Å². The lowest BCUT2D eigenvalue weighted by Gasteiger charge is -2.08. The zero-order chi connectivity index (χ0) is 13.3. The van der Waals surface area contributed by atoms with Gasteiger partial charge in [0.25, 0.3) is 0 Å². The van der Waals surface area contributed by atoms with E-state index in [9.17, 15) is 13.2 Å². The van der Waals surface area contributed by atoms with Crippen molar-refractivity contribution in [3.8, 4) is 0 Å². The second kappa shape index (κ2) is 5.22. The third kappa shape index (κ3) is 4.92. The van der Waals surface area contributed by atoms with Gasteiger partial charge < -0.3 is 0 Å². The summed E-state index contributed by atoms with van der Waals surface area (Å²) in [6.07, 6.45) is -3.60. The Balaban J connectivity index is 3.12. The third-order valence-electron chi connectivity index (χ3n) is 1.62. The Morgan fingerprint density at radius 2 is 1.71 bits per heavy atom. The lowest BCUT2D eigenvalue weighted by molar-refractivity contribution is -0.137. The lowest BCUT2D eigenvalue weighted by Crippen LogP contribution is -2.05.